The van der Waals surface area contributed by atoms with Gasteiger partial charge in [-0.05, 0) is 30.7 Å². The second kappa shape index (κ2) is 6.73. The third-order valence-electron chi connectivity index (χ3n) is 2.97. The van der Waals surface area contributed by atoms with Crippen LogP contribution < -0.4 is 10.3 Å². The van der Waals surface area contributed by atoms with Crippen molar-refractivity contribution in [2.24, 2.45) is 0 Å². The summed E-state index contributed by atoms with van der Waals surface area (Å²) in [5, 5.41) is 8.82. The van der Waals surface area contributed by atoms with E-state index in [9.17, 15) is 4.79 Å². The fourth-order valence-corrected chi connectivity index (χ4v) is 1.90. The van der Waals surface area contributed by atoms with Crippen LogP contribution in [0.15, 0.2) is 35.4 Å². The van der Waals surface area contributed by atoms with Gasteiger partial charge in [0.25, 0.3) is 5.56 Å². The molecule has 0 spiro atoms. The van der Waals surface area contributed by atoms with E-state index < -0.39 is 0 Å². The lowest BCUT2D eigenvalue weighted by atomic mass is 10.1. The fraction of sp³-hybridized carbons (Fsp3) is 0.250. The van der Waals surface area contributed by atoms with Gasteiger partial charge in [0, 0.05) is 17.3 Å². The maximum Gasteiger partial charge on any atom is 0.253 e. The first-order chi connectivity index (χ1) is 10.1. The third kappa shape index (κ3) is 3.71. The number of hydrogen-bond acceptors (Lipinski definition) is 4. The Morgan fingerprint density at radius 2 is 2.19 bits per heavy atom. The van der Waals surface area contributed by atoms with E-state index in [1.54, 1.807) is 20.1 Å². The molecule has 0 atom stereocenters. The summed E-state index contributed by atoms with van der Waals surface area (Å²) in [6.45, 7) is 1.91. The van der Waals surface area contributed by atoms with E-state index in [4.69, 9.17) is 9.84 Å². The minimum Gasteiger partial charge on any atom is -0.497 e. The summed E-state index contributed by atoms with van der Waals surface area (Å²) in [5.74, 6) is 6.18. The highest BCUT2D eigenvalue weighted by Crippen LogP contribution is 2.17. The molecule has 0 aliphatic carbocycles. The lowest BCUT2D eigenvalue weighted by Crippen LogP contribution is -2.21. The lowest BCUT2D eigenvalue weighted by molar-refractivity contribution is 0.350. The zero-order valence-corrected chi connectivity index (χ0v) is 12.0. The molecule has 1 aromatic carbocycles. The van der Waals surface area contributed by atoms with Gasteiger partial charge in [0.1, 0.15) is 12.4 Å². The van der Waals surface area contributed by atoms with Crippen LogP contribution in [-0.4, -0.2) is 28.4 Å². The largest absolute Gasteiger partial charge is 0.497 e. The number of aliphatic hydroxyl groups is 1. The molecule has 0 bridgehead atoms. The molecule has 0 saturated carbocycles. The van der Waals surface area contributed by atoms with Crippen LogP contribution in [0.1, 0.15) is 16.8 Å². The van der Waals surface area contributed by atoms with Crippen molar-refractivity contribution in [1.29, 1.82) is 0 Å². The summed E-state index contributed by atoms with van der Waals surface area (Å²) in [6, 6.07) is 6.91. The van der Waals surface area contributed by atoms with E-state index >= 15 is 0 Å². The highest BCUT2D eigenvalue weighted by molar-refractivity contribution is 5.45. The number of rotatable bonds is 3. The number of hydrogen-bond donors (Lipinski definition) is 1. The zero-order chi connectivity index (χ0) is 15.2. The zero-order valence-electron chi connectivity index (χ0n) is 12.0. The van der Waals surface area contributed by atoms with Crippen LogP contribution in [0, 0.1) is 18.8 Å². The van der Waals surface area contributed by atoms with Gasteiger partial charge >= 0.3 is 0 Å². The minimum atomic E-state index is -0.211. The molecular formula is C16H16N2O3. The van der Waals surface area contributed by atoms with E-state index in [1.807, 2.05) is 12.1 Å². The predicted molar refractivity (Wildman–Crippen MR) is 79.3 cm³/mol. The maximum absolute atomic E-state index is 11.9. The molecule has 2 rings (SSSR count). The third-order valence-corrected chi connectivity index (χ3v) is 2.97. The van der Waals surface area contributed by atoms with Gasteiger partial charge in [0.15, 0.2) is 0 Å². The summed E-state index contributed by atoms with van der Waals surface area (Å²) in [7, 11) is 1.58. The number of aryl methyl sites for hydroxylation is 1. The standard InChI is InChI=1S/C16H16N2O3/c1-12-8-16(20)18(11-17-12)10-14-9-15(21-2)6-5-13(14)4-3-7-19/h5-6,8-9,11,19H,7,10H2,1-2H3. The van der Waals surface area contributed by atoms with E-state index in [2.05, 4.69) is 16.8 Å². The molecule has 0 saturated heterocycles. The molecule has 1 N–H and O–H groups in total. The van der Waals surface area contributed by atoms with Gasteiger partial charge in [-0.15, -0.1) is 0 Å². The van der Waals surface area contributed by atoms with Crippen molar-refractivity contribution >= 4 is 0 Å². The van der Waals surface area contributed by atoms with Crippen LogP contribution in [-0.2, 0) is 6.54 Å². The van der Waals surface area contributed by atoms with Crippen molar-refractivity contribution in [3.8, 4) is 17.6 Å². The summed E-state index contributed by atoms with van der Waals surface area (Å²) in [4.78, 5) is 16.1. The predicted octanol–water partition coefficient (Wildman–Crippen LogP) is 0.952. The Labute approximate surface area is 122 Å². The van der Waals surface area contributed by atoms with Crippen LogP contribution in [0.25, 0.3) is 0 Å². The van der Waals surface area contributed by atoms with Crippen LogP contribution >= 0.6 is 0 Å². The number of aliphatic hydroxyl groups excluding tert-OH is 1. The summed E-state index contributed by atoms with van der Waals surface area (Å²) >= 11 is 0. The van der Waals surface area contributed by atoms with E-state index in [0.29, 0.717) is 18.0 Å². The van der Waals surface area contributed by atoms with Gasteiger partial charge in [-0.25, -0.2) is 4.98 Å². The SMILES string of the molecule is COc1ccc(C#CCO)c(Cn2cnc(C)cc2=O)c1. The van der Waals surface area contributed by atoms with Gasteiger partial charge in [-0.3, -0.25) is 9.36 Å². The van der Waals surface area contributed by atoms with Gasteiger partial charge in [-0.1, -0.05) is 11.8 Å². The highest BCUT2D eigenvalue weighted by Gasteiger charge is 2.05. The molecule has 1 aromatic heterocycles. The van der Waals surface area contributed by atoms with Gasteiger partial charge in [-0.2, -0.15) is 0 Å². The lowest BCUT2D eigenvalue weighted by Gasteiger charge is -2.09. The smallest absolute Gasteiger partial charge is 0.253 e. The number of nitrogens with zero attached hydrogens (tertiary/aromatic N) is 2. The normalized spacial score (nSPS) is 9.86. The number of ether oxygens (including phenoxy) is 1. The first kappa shape index (κ1) is 14.8. The molecular weight excluding hydrogens is 268 g/mol. The molecule has 0 aliphatic rings. The van der Waals surface area contributed by atoms with Crippen LogP contribution in [0.4, 0.5) is 0 Å². The van der Waals surface area contributed by atoms with Crippen molar-refractivity contribution in [1.82, 2.24) is 9.55 Å². The first-order valence-corrected chi connectivity index (χ1v) is 6.44. The van der Waals surface area contributed by atoms with E-state index in [1.165, 1.54) is 17.0 Å². The fourth-order valence-electron chi connectivity index (χ4n) is 1.90. The Morgan fingerprint density at radius 3 is 2.86 bits per heavy atom. The van der Waals surface area contributed by atoms with E-state index in [0.717, 1.165) is 11.1 Å². The average Bonchev–Trinajstić information content (AvgIpc) is 2.48. The molecule has 0 fully saturated rings. The van der Waals surface area contributed by atoms with Gasteiger partial charge < -0.3 is 9.84 Å². The van der Waals surface area contributed by atoms with Crippen molar-refractivity contribution in [2.45, 2.75) is 13.5 Å². The second-order valence-electron chi connectivity index (χ2n) is 4.48. The minimum absolute atomic E-state index is 0.119. The number of benzene rings is 1. The Balaban J connectivity index is 2.43. The van der Waals surface area contributed by atoms with Crippen molar-refractivity contribution < 1.29 is 9.84 Å². The molecule has 5 heteroatoms. The Hall–Kier alpha value is -2.58. The van der Waals surface area contributed by atoms with Crippen LogP contribution in [0.5, 0.6) is 5.75 Å². The molecule has 0 unspecified atom stereocenters. The average molecular weight is 284 g/mol. The molecule has 0 amide bonds. The first-order valence-electron chi connectivity index (χ1n) is 6.44. The second-order valence-corrected chi connectivity index (χ2v) is 4.48. The summed E-state index contributed by atoms with van der Waals surface area (Å²) in [6.07, 6.45) is 1.51. The molecule has 21 heavy (non-hydrogen) atoms. The molecule has 108 valence electrons. The van der Waals surface area contributed by atoms with Gasteiger partial charge in [0.05, 0.1) is 20.0 Å². The maximum atomic E-state index is 11.9. The van der Waals surface area contributed by atoms with Crippen LogP contribution in [0.2, 0.25) is 0 Å². The van der Waals surface area contributed by atoms with Crippen molar-refractivity contribution in [2.75, 3.05) is 13.7 Å². The van der Waals surface area contributed by atoms with Crippen molar-refractivity contribution in [3.05, 3.63) is 57.8 Å². The molecule has 0 aliphatic heterocycles. The molecule has 2 aromatic rings. The Morgan fingerprint density at radius 1 is 1.38 bits per heavy atom. The topological polar surface area (TPSA) is 64.3 Å². The Bertz CT molecular complexity index is 754. The Kier molecular flexibility index (Phi) is 4.75. The highest BCUT2D eigenvalue weighted by atomic mass is 16.5. The molecule has 0 radical (unpaired) electrons. The van der Waals surface area contributed by atoms with Gasteiger partial charge in [0.2, 0.25) is 0 Å². The van der Waals surface area contributed by atoms with E-state index in [-0.39, 0.29) is 12.2 Å². The number of methoxy groups -OCH3 is 1. The molecule has 1 heterocycles. The summed E-state index contributed by atoms with van der Waals surface area (Å²) in [5.41, 5.74) is 2.15. The summed E-state index contributed by atoms with van der Waals surface area (Å²) < 4.78 is 6.71. The quantitative estimate of drug-likeness (QED) is 0.852. The van der Waals surface area contributed by atoms with Crippen molar-refractivity contribution in [3.63, 3.8) is 0 Å². The van der Waals surface area contributed by atoms with Crippen LogP contribution in [0.3, 0.4) is 0 Å². The molecule has 5 nitrogen and oxygen atoms in total. The number of aromatic nitrogens is 2. The monoisotopic (exact) mass is 284 g/mol.